The molecule has 5 aromatic rings. The van der Waals surface area contributed by atoms with E-state index in [-0.39, 0.29) is 40.7 Å². The molecule has 0 unspecified atom stereocenters. The van der Waals surface area contributed by atoms with Crippen LogP contribution in [0.15, 0.2) is 57.4 Å². The van der Waals surface area contributed by atoms with E-state index in [1.807, 2.05) is 48.7 Å². The number of aromatic nitrogens is 4. The van der Waals surface area contributed by atoms with Gasteiger partial charge >= 0.3 is 29.6 Å². The van der Waals surface area contributed by atoms with Gasteiger partial charge in [-0.05, 0) is 43.0 Å². The summed E-state index contributed by atoms with van der Waals surface area (Å²) in [5.41, 5.74) is 1.51. The summed E-state index contributed by atoms with van der Waals surface area (Å²) in [6, 6.07) is 13.2. The fourth-order valence-corrected chi connectivity index (χ4v) is 5.00. The second kappa shape index (κ2) is 8.04. The molecule has 0 aliphatic rings. The third-order valence-electron chi connectivity index (χ3n) is 4.79. The minimum atomic E-state index is -0.239. The maximum atomic E-state index is 13.1. The van der Waals surface area contributed by atoms with Gasteiger partial charge < -0.3 is 14.3 Å². The first-order valence-electron chi connectivity index (χ1n) is 8.80. The van der Waals surface area contributed by atoms with Gasteiger partial charge in [-0.1, -0.05) is 29.5 Å². The number of thiophene rings is 1. The molecule has 0 N–H and O–H groups in total. The van der Waals surface area contributed by atoms with Gasteiger partial charge in [-0.3, -0.25) is 9.59 Å². The largest absolute Gasteiger partial charge is 1.00 e. The Hall–Kier alpha value is -1.97. The van der Waals surface area contributed by atoms with Crippen molar-refractivity contribution in [2.24, 2.45) is 0 Å². The number of hydrogen-bond donors (Lipinski definition) is 0. The van der Waals surface area contributed by atoms with Gasteiger partial charge in [0.05, 0.1) is 10.2 Å². The van der Waals surface area contributed by atoms with Gasteiger partial charge in [-0.15, -0.1) is 16.9 Å². The van der Waals surface area contributed by atoms with Crippen LogP contribution in [0.5, 0.6) is 0 Å². The maximum Gasteiger partial charge on any atom is 1.00 e. The Morgan fingerprint density at radius 3 is 2.72 bits per heavy atom. The molecule has 140 valence electrons. The number of benzene rings is 1. The average molecular weight is 430 g/mol. The zero-order chi connectivity index (χ0) is 19.3. The summed E-state index contributed by atoms with van der Waals surface area (Å²) >= 11 is 3.07. The van der Waals surface area contributed by atoms with Gasteiger partial charge in [-0.25, -0.2) is 4.98 Å². The standard InChI is InChI=1S/C20H16N4O2S2.Na/c1-12-18-15(11-17(25)23(12)9-8-13-5-4-10-27-13)22-24(19(18)26)20-21-14-6-2-3-7-16(14)28-20;/h2-7,10-11H,8-9H2,1H3,(H,22,25);/q;+1/p-1. The molecule has 0 aliphatic carbocycles. The number of thiazole rings is 1. The van der Waals surface area contributed by atoms with Crippen LogP contribution >= 0.6 is 22.7 Å². The topological polar surface area (TPSA) is 71.0 Å². The van der Waals surface area contributed by atoms with Crippen LogP contribution in [0.3, 0.4) is 0 Å². The van der Waals surface area contributed by atoms with E-state index < -0.39 is 0 Å². The smallest absolute Gasteiger partial charge is 0.585 e. The number of nitrogens with zero attached hydrogens (tertiary/aromatic N) is 4. The van der Waals surface area contributed by atoms with Crippen LogP contribution in [0.4, 0.5) is 0 Å². The van der Waals surface area contributed by atoms with Crippen molar-refractivity contribution in [2.75, 3.05) is 0 Å². The summed E-state index contributed by atoms with van der Waals surface area (Å²) in [6.07, 6.45) is 0.754. The van der Waals surface area contributed by atoms with Crippen molar-refractivity contribution in [1.29, 1.82) is 0 Å². The number of aryl methyl sites for hydroxylation is 2. The van der Waals surface area contributed by atoms with Crippen molar-refractivity contribution < 1.29 is 29.6 Å². The summed E-state index contributed by atoms with van der Waals surface area (Å²) in [4.78, 5) is 31.4. The molecular weight excluding hydrogens is 415 g/mol. The Balaban J connectivity index is 0.00000205. The molecule has 5 rings (SSSR count). The molecule has 0 saturated carbocycles. The fraction of sp³-hybridized carbons (Fsp3) is 0.150. The van der Waals surface area contributed by atoms with Gasteiger partial charge in [0.1, 0.15) is 0 Å². The van der Waals surface area contributed by atoms with Gasteiger partial charge in [0.2, 0.25) is 11.1 Å². The molecule has 0 spiro atoms. The number of hydrogen-bond acceptors (Lipinski definition) is 5. The molecule has 0 saturated heterocycles. The molecular formula is C20H15N4NaO2S2. The Kier molecular flexibility index (Phi) is 5.63. The van der Waals surface area contributed by atoms with Gasteiger partial charge in [0.15, 0.2) is 5.13 Å². The molecule has 0 radical (unpaired) electrons. The number of fused-ring (bicyclic) bond motifs is 2. The van der Waals surface area contributed by atoms with E-state index in [2.05, 4.69) is 10.1 Å². The van der Waals surface area contributed by atoms with E-state index in [1.165, 1.54) is 27.0 Å². The molecule has 0 bridgehead atoms. The molecule has 9 heteroatoms. The maximum absolute atomic E-state index is 13.1. The summed E-state index contributed by atoms with van der Waals surface area (Å²) in [7, 11) is 0. The molecule has 4 heterocycles. The average Bonchev–Trinajstić information content (AvgIpc) is 3.40. The van der Waals surface area contributed by atoms with Crippen LogP contribution in [-0.2, 0) is 13.0 Å². The Morgan fingerprint density at radius 1 is 1.14 bits per heavy atom. The number of para-hydroxylation sites is 1. The van der Waals surface area contributed by atoms with Crippen LogP contribution in [0.2, 0.25) is 0 Å². The summed E-state index contributed by atoms with van der Waals surface area (Å²) in [5, 5.41) is 7.40. The summed E-state index contributed by atoms with van der Waals surface area (Å²) in [5.74, 6) is 0. The number of rotatable bonds is 4. The van der Waals surface area contributed by atoms with Crippen molar-refractivity contribution in [3.05, 3.63) is 79.1 Å². The van der Waals surface area contributed by atoms with Gasteiger partial charge in [0.25, 0.3) is 0 Å². The van der Waals surface area contributed by atoms with E-state index in [4.69, 9.17) is 0 Å². The Morgan fingerprint density at radius 2 is 1.97 bits per heavy atom. The van der Waals surface area contributed by atoms with E-state index in [9.17, 15) is 9.59 Å². The second-order valence-corrected chi connectivity index (χ2v) is 8.53. The first kappa shape index (κ1) is 20.3. The third kappa shape index (κ3) is 3.55. The van der Waals surface area contributed by atoms with Crippen LogP contribution in [0.25, 0.3) is 26.3 Å². The predicted molar refractivity (Wildman–Crippen MR) is 113 cm³/mol. The van der Waals surface area contributed by atoms with Crippen LogP contribution < -0.4 is 45.8 Å². The normalized spacial score (nSPS) is 11.2. The molecule has 0 aliphatic heterocycles. The van der Waals surface area contributed by atoms with Crippen LogP contribution in [0, 0.1) is 6.92 Å². The zero-order valence-corrected chi connectivity index (χ0v) is 19.6. The molecule has 6 nitrogen and oxygen atoms in total. The van der Waals surface area contributed by atoms with Crippen molar-refractivity contribution in [1.82, 2.24) is 19.3 Å². The zero-order valence-electron chi connectivity index (χ0n) is 16.0. The van der Waals surface area contributed by atoms with Crippen molar-refractivity contribution in [3.63, 3.8) is 0 Å². The Bertz CT molecular complexity index is 1390. The quantitative estimate of drug-likeness (QED) is 0.386. The van der Waals surface area contributed by atoms with E-state index >= 15 is 0 Å². The fourth-order valence-electron chi connectivity index (χ4n) is 3.39. The van der Waals surface area contributed by atoms with E-state index in [0.717, 1.165) is 16.6 Å². The van der Waals surface area contributed by atoms with E-state index in [0.29, 0.717) is 28.3 Å². The number of pyridine rings is 1. The minimum Gasteiger partial charge on any atom is -0.585 e. The van der Waals surface area contributed by atoms with Crippen molar-refractivity contribution in [3.8, 4) is 5.13 Å². The van der Waals surface area contributed by atoms with Gasteiger partial charge in [-0.2, -0.15) is 0 Å². The van der Waals surface area contributed by atoms with Crippen LogP contribution in [0.1, 0.15) is 10.6 Å². The van der Waals surface area contributed by atoms with Crippen molar-refractivity contribution >= 4 is 43.8 Å². The third-order valence-corrected chi connectivity index (χ3v) is 6.74. The SMILES string of the molecule is Cc1c2c(=O)n(-c3nc4ccccc4s3)[n-]c2cc(=O)n1CCc1cccs1.[Na+]. The summed E-state index contributed by atoms with van der Waals surface area (Å²) < 4.78 is 3.96. The first-order valence-corrected chi connectivity index (χ1v) is 10.5. The van der Waals surface area contributed by atoms with Gasteiger partial charge in [0, 0.05) is 22.5 Å². The van der Waals surface area contributed by atoms with Crippen molar-refractivity contribution in [2.45, 2.75) is 19.9 Å². The molecule has 0 fully saturated rings. The monoisotopic (exact) mass is 430 g/mol. The predicted octanol–water partition coefficient (Wildman–Crippen LogP) is 0.336. The van der Waals surface area contributed by atoms with E-state index in [1.54, 1.807) is 15.9 Å². The molecule has 4 aromatic heterocycles. The second-order valence-electron chi connectivity index (χ2n) is 6.49. The first-order chi connectivity index (χ1) is 13.6. The molecule has 29 heavy (non-hydrogen) atoms. The minimum absolute atomic E-state index is 0. The Labute approximate surface area is 195 Å². The molecule has 0 amide bonds. The van der Waals surface area contributed by atoms with Crippen LogP contribution in [-0.4, -0.2) is 14.2 Å². The molecule has 0 atom stereocenters. The summed E-state index contributed by atoms with van der Waals surface area (Å²) in [6.45, 7) is 2.34. The molecule has 1 aromatic carbocycles.